The predicted molar refractivity (Wildman–Crippen MR) is 193 cm³/mol. The van der Waals surface area contributed by atoms with Crippen molar-refractivity contribution in [3.63, 3.8) is 0 Å². The van der Waals surface area contributed by atoms with Crippen LogP contribution in [0.1, 0.15) is 61.5 Å². The van der Waals surface area contributed by atoms with Gasteiger partial charge in [-0.3, -0.25) is 14.6 Å². The number of nitrogens with one attached hydrogen (secondary N) is 2. The van der Waals surface area contributed by atoms with E-state index < -0.39 is 58.9 Å². The lowest BCUT2D eigenvalue weighted by Gasteiger charge is -2.40. The number of ether oxygens (including phenoxy) is 3. The molecule has 0 radical (unpaired) electrons. The molecule has 14 heteroatoms. The Hall–Kier alpha value is -4.10. The Morgan fingerprint density at radius 1 is 1.08 bits per heavy atom. The largest absolute Gasteiger partial charge is 0.495 e. The minimum atomic E-state index is -1.40. The standard InChI is InChI=1S/C37H42Cl2F2N4O6/c1-20(42)34(47)50-14-15-51-35(48)21-10-13-27(28(16-21)49-6)44-33(46)32-30(23-8-7-9-25(39)31(23)41)37(19-43-5,29(45-32)18-36(2,3)4)24-12-11-22(38)17-26(24)40/h7-13,16-17,19-20,29-30,32,45H,14-15,18,42H2,1-6H3,(H,44,46). The maximum atomic E-state index is 16.1. The topological polar surface area (TPSA) is 141 Å². The molecule has 1 aliphatic heterocycles. The van der Waals surface area contributed by atoms with Gasteiger partial charge in [0.15, 0.2) is 0 Å². The maximum absolute atomic E-state index is 16.1. The van der Waals surface area contributed by atoms with Crippen LogP contribution in [0, 0.1) is 17.0 Å². The van der Waals surface area contributed by atoms with Crippen LogP contribution in [0.25, 0.3) is 0 Å². The average Bonchev–Trinajstić information content (AvgIpc) is 3.36. The molecule has 1 saturated heterocycles. The zero-order valence-electron chi connectivity index (χ0n) is 29.2. The molecule has 1 aliphatic rings. The van der Waals surface area contributed by atoms with E-state index in [1.807, 2.05) is 20.8 Å². The van der Waals surface area contributed by atoms with Crippen molar-refractivity contribution in [1.29, 1.82) is 0 Å². The predicted octanol–water partition coefficient (Wildman–Crippen LogP) is 6.46. The van der Waals surface area contributed by atoms with Crippen molar-refractivity contribution < 1.29 is 37.4 Å². The number of esters is 2. The molecule has 0 bridgehead atoms. The zero-order chi connectivity index (χ0) is 37.7. The number of nitrogens with zero attached hydrogens (tertiary/aromatic N) is 1. The molecule has 0 spiro atoms. The fourth-order valence-corrected chi connectivity index (χ4v) is 6.82. The molecule has 0 saturated carbocycles. The lowest BCUT2D eigenvalue weighted by Crippen LogP contribution is -2.47. The van der Waals surface area contributed by atoms with Gasteiger partial charge in [-0.25, -0.2) is 13.6 Å². The normalized spacial score (nSPS) is 21.0. The molecule has 4 rings (SSSR count). The fraction of sp³-hybridized carbons (Fsp3) is 0.405. The van der Waals surface area contributed by atoms with Crippen molar-refractivity contribution in [1.82, 2.24) is 5.32 Å². The SMILES string of the molecule is CN=CC1(c2ccc(Cl)cc2F)C(CC(C)(C)C)NC(C(=O)Nc2ccc(C(=O)OCCOC(=O)C(C)N)cc2OC)C1c1cccc(Cl)c1F. The molecule has 4 N–H and O–H groups in total. The van der Waals surface area contributed by atoms with Crippen LogP contribution in [0.15, 0.2) is 59.6 Å². The number of halogens is 4. The number of methoxy groups -OCH3 is 1. The van der Waals surface area contributed by atoms with Gasteiger partial charge < -0.3 is 30.6 Å². The second kappa shape index (κ2) is 16.5. The Morgan fingerprint density at radius 2 is 1.78 bits per heavy atom. The van der Waals surface area contributed by atoms with Crippen molar-refractivity contribution >= 4 is 52.9 Å². The molecule has 5 unspecified atom stereocenters. The Balaban J connectivity index is 1.76. The number of carbonyl (C=O) groups excluding carboxylic acids is 3. The summed E-state index contributed by atoms with van der Waals surface area (Å²) in [6.07, 6.45) is 1.99. The first kappa shape index (κ1) is 39.7. The second-order valence-electron chi connectivity index (χ2n) is 13.5. The van der Waals surface area contributed by atoms with E-state index >= 15 is 8.78 Å². The third kappa shape index (κ3) is 8.86. The van der Waals surface area contributed by atoms with Crippen molar-refractivity contribution in [3.8, 4) is 5.75 Å². The highest BCUT2D eigenvalue weighted by Gasteiger charge is 2.59. The molecule has 274 valence electrons. The lowest BCUT2D eigenvalue weighted by atomic mass is 9.62. The number of aliphatic imine (C=N–C) groups is 1. The smallest absolute Gasteiger partial charge is 0.338 e. The van der Waals surface area contributed by atoms with E-state index in [4.69, 9.17) is 43.1 Å². The minimum Gasteiger partial charge on any atom is -0.495 e. The first-order valence-corrected chi connectivity index (χ1v) is 17.0. The van der Waals surface area contributed by atoms with Crippen LogP contribution in [0.4, 0.5) is 14.5 Å². The molecular weight excluding hydrogens is 705 g/mol. The maximum Gasteiger partial charge on any atom is 0.338 e. The monoisotopic (exact) mass is 746 g/mol. The van der Waals surface area contributed by atoms with E-state index in [0.717, 1.165) is 0 Å². The van der Waals surface area contributed by atoms with E-state index in [1.54, 1.807) is 18.3 Å². The number of rotatable bonds is 12. The Morgan fingerprint density at radius 3 is 2.41 bits per heavy atom. The Bertz CT molecular complexity index is 1800. The molecule has 3 aromatic carbocycles. The van der Waals surface area contributed by atoms with E-state index in [0.29, 0.717) is 6.42 Å². The minimum absolute atomic E-state index is 0.0810. The van der Waals surface area contributed by atoms with Gasteiger partial charge in [0.2, 0.25) is 5.91 Å². The van der Waals surface area contributed by atoms with Crippen LogP contribution < -0.4 is 21.1 Å². The Labute approximate surface area is 306 Å². The number of amides is 1. The molecule has 10 nitrogen and oxygen atoms in total. The average molecular weight is 748 g/mol. The van der Waals surface area contributed by atoms with E-state index in [9.17, 15) is 14.4 Å². The van der Waals surface area contributed by atoms with E-state index in [1.165, 1.54) is 63.5 Å². The van der Waals surface area contributed by atoms with Gasteiger partial charge in [-0.1, -0.05) is 62.2 Å². The number of carbonyl (C=O) groups is 3. The molecule has 51 heavy (non-hydrogen) atoms. The van der Waals surface area contributed by atoms with Crippen molar-refractivity contribution in [2.24, 2.45) is 16.1 Å². The van der Waals surface area contributed by atoms with Crippen LogP contribution in [0.5, 0.6) is 5.75 Å². The van der Waals surface area contributed by atoms with Crippen molar-refractivity contribution in [3.05, 3.63) is 93.0 Å². The summed E-state index contributed by atoms with van der Waals surface area (Å²) < 4.78 is 47.9. The van der Waals surface area contributed by atoms with E-state index in [2.05, 4.69) is 15.6 Å². The molecule has 1 heterocycles. The summed E-state index contributed by atoms with van der Waals surface area (Å²) >= 11 is 12.5. The molecule has 1 amide bonds. The van der Waals surface area contributed by atoms with Gasteiger partial charge in [-0.05, 0) is 60.7 Å². The summed E-state index contributed by atoms with van der Waals surface area (Å²) in [6.45, 7) is 7.11. The van der Waals surface area contributed by atoms with Crippen molar-refractivity contribution in [2.75, 3.05) is 32.7 Å². The first-order chi connectivity index (χ1) is 24.0. The number of nitrogens with two attached hydrogens (primary N) is 1. The highest BCUT2D eigenvalue weighted by molar-refractivity contribution is 6.31. The van der Waals surface area contributed by atoms with Gasteiger partial charge in [0.05, 0.1) is 34.8 Å². The quantitative estimate of drug-likeness (QED) is 0.109. The molecule has 3 aromatic rings. The molecular formula is C37H42Cl2F2N4O6. The Kier molecular flexibility index (Phi) is 12.8. The molecule has 0 aliphatic carbocycles. The van der Waals surface area contributed by atoms with Gasteiger partial charge in [0, 0.05) is 35.8 Å². The van der Waals surface area contributed by atoms with Crippen LogP contribution in [0.3, 0.4) is 0 Å². The van der Waals surface area contributed by atoms with Crippen LogP contribution in [-0.4, -0.2) is 69.6 Å². The summed E-state index contributed by atoms with van der Waals surface area (Å²) in [6, 6.07) is 10.4. The summed E-state index contributed by atoms with van der Waals surface area (Å²) in [5.41, 5.74) is 4.27. The zero-order valence-corrected chi connectivity index (χ0v) is 30.7. The van der Waals surface area contributed by atoms with Gasteiger partial charge >= 0.3 is 11.9 Å². The highest BCUT2D eigenvalue weighted by atomic mass is 35.5. The van der Waals surface area contributed by atoms with Crippen LogP contribution >= 0.6 is 23.2 Å². The first-order valence-electron chi connectivity index (χ1n) is 16.2. The summed E-state index contributed by atoms with van der Waals surface area (Å²) in [7, 11) is 2.89. The summed E-state index contributed by atoms with van der Waals surface area (Å²) in [5.74, 6) is -4.30. The van der Waals surface area contributed by atoms with Gasteiger partial charge in [-0.15, -0.1) is 0 Å². The highest BCUT2D eigenvalue weighted by Crippen LogP contribution is 2.52. The third-order valence-corrected chi connectivity index (χ3v) is 9.12. The summed E-state index contributed by atoms with van der Waals surface area (Å²) in [4.78, 5) is 43.1. The second-order valence-corrected chi connectivity index (χ2v) is 14.4. The fourth-order valence-electron chi connectivity index (χ4n) is 6.48. The lowest BCUT2D eigenvalue weighted by molar-refractivity contribution is -0.145. The molecule has 1 fully saturated rings. The number of hydrogen-bond acceptors (Lipinski definition) is 9. The summed E-state index contributed by atoms with van der Waals surface area (Å²) in [5, 5.41) is 6.28. The van der Waals surface area contributed by atoms with Gasteiger partial charge in [0.25, 0.3) is 0 Å². The third-order valence-electron chi connectivity index (χ3n) is 8.59. The van der Waals surface area contributed by atoms with E-state index in [-0.39, 0.29) is 56.8 Å². The number of anilines is 1. The van der Waals surface area contributed by atoms with Crippen LogP contribution in [-0.2, 0) is 24.5 Å². The van der Waals surface area contributed by atoms with Crippen LogP contribution in [0.2, 0.25) is 10.0 Å². The molecule has 0 aromatic heterocycles. The van der Waals surface area contributed by atoms with Crippen molar-refractivity contribution in [2.45, 2.75) is 63.6 Å². The number of hydrogen-bond donors (Lipinski definition) is 3. The number of benzene rings is 3. The van der Waals surface area contributed by atoms with Gasteiger partial charge in [-0.2, -0.15) is 0 Å². The van der Waals surface area contributed by atoms with Gasteiger partial charge in [0.1, 0.15) is 36.6 Å². The molecule has 5 atom stereocenters.